The monoisotopic (exact) mass is 259 g/mol. The first kappa shape index (κ1) is 14.8. The fourth-order valence-corrected chi connectivity index (χ4v) is 2.81. The van der Waals surface area contributed by atoms with Gasteiger partial charge in [-0.15, -0.1) is 11.8 Å². The molecule has 0 aromatic carbocycles. The van der Waals surface area contributed by atoms with Gasteiger partial charge in [-0.1, -0.05) is 6.92 Å². The van der Waals surface area contributed by atoms with Gasteiger partial charge in [-0.25, -0.2) is 0 Å². The van der Waals surface area contributed by atoms with Crippen LogP contribution in [0, 0.1) is 0 Å². The van der Waals surface area contributed by atoms with Gasteiger partial charge < -0.3 is 15.5 Å². The summed E-state index contributed by atoms with van der Waals surface area (Å²) >= 11 is 1.80. The quantitative estimate of drug-likeness (QED) is 0.700. The molecule has 0 aliphatic carbocycles. The van der Waals surface area contributed by atoms with Crippen molar-refractivity contribution in [3.63, 3.8) is 0 Å². The van der Waals surface area contributed by atoms with Crippen molar-refractivity contribution in [3.8, 4) is 0 Å². The minimum absolute atomic E-state index is 0.179. The number of nitrogens with one attached hydrogen (secondary N) is 2. The standard InChI is InChI=1S/C12H25N3OS/c1-3-15(2)9-8-14-12(16)10-17-11-4-6-13-7-5-11/h11,13H,3-10H2,1-2H3,(H,14,16). The molecule has 100 valence electrons. The zero-order valence-corrected chi connectivity index (χ0v) is 11.8. The lowest BCUT2D eigenvalue weighted by Gasteiger charge is -2.21. The van der Waals surface area contributed by atoms with Crippen LogP contribution < -0.4 is 10.6 Å². The molecule has 1 aliphatic rings. The highest BCUT2D eigenvalue weighted by atomic mass is 32.2. The molecule has 0 spiro atoms. The van der Waals surface area contributed by atoms with Crippen molar-refractivity contribution in [2.45, 2.75) is 25.0 Å². The predicted octanol–water partition coefficient (Wildman–Crippen LogP) is 0.540. The smallest absolute Gasteiger partial charge is 0.230 e. The lowest BCUT2D eigenvalue weighted by atomic mass is 10.2. The van der Waals surface area contributed by atoms with E-state index in [2.05, 4.69) is 29.5 Å². The molecule has 0 unspecified atom stereocenters. The Hall–Kier alpha value is -0.260. The van der Waals surface area contributed by atoms with Gasteiger partial charge in [0.05, 0.1) is 5.75 Å². The lowest BCUT2D eigenvalue weighted by Crippen LogP contribution is -2.35. The molecule has 1 heterocycles. The lowest BCUT2D eigenvalue weighted by molar-refractivity contribution is -0.118. The molecule has 0 radical (unpaired) electrons. The molecule has 1 rings (SSSR count). The van der Waals surface area contributed by atoms with Crippen LogP contribution >= 0.6 is 11.8 Å². The Morgan fingerprint density at radius 1 is 1.47 bits per heavy atom. The molecule has 17 heavy (non-hydrogen) atoms. The SMILES string of the molecule is CCN(C)CCNC(=O)CSC1CCNCC1. The average molecular weight is 259 g/mol. The van der Waals surface area contributed by atoms with Crippen LogP contribution in [0.2, 0.25) is 0 Å². The third kappa shape index (κ3) is 6.91. The summed E-state index contributed by atoms with van der Waals surface area (Å²) in [6.45, 7) is 7.03. The van der Waals surface area contributed by atoms with Crippen LogP contribution in [-0.4, -0.2) is 61.6 Å². The summed E-state index contributed by atoms with van der Waals surface area (Å²) in [4.78, 5) is 13.8. The molecular formula is C12H25N3OS. The zero-order valence-electron chi connectivity index (χ0n) is 11.0. The highest BCUT2D eigenvalue weighted by Gasteiger charge is 2.14. The van der Waals surface area contributed by atoms with E-state index in [1.807, 2.05) is 0 Å². The molecule has 1 fully saturated rings. The van der Waals surface area contributed by atoms with Gasteiger partial charge in [0.2, 0.25) is 5.91 Å². The van der Waals surface area contributed by atoms with E-state index < -0.39 is 0 Å². The Kier molecular flexibility index (Phi) is 7.64. The fraction of sp³-hybridized carbons (Fsp3) is 0.917. The Bertz CT molecular complexity index is 220. The summed E-state index contributed by atoms with van der Waals surface area (Å²) in [6, 6.07) is 0. The number of hydrogen-bond donors (Lipinski definition) is 2. The number of nitrogens with zero attached hydrogens (tertiary/aromatic N) is 1. The maximum Gasteiger partial charge on any atom is 0.230 e. The van der Waals surface area contributed by atoms with Crippen molar-refractivity contribution in [3.05, 3.63) is 0 Å². The van der Waals surface area contributed by atoms with Crippen LogP contribution in [0.5, 0.6) is 0 Å². The largest absolute Gasteiger partial charge is 0.354 e. The molecule has 1 aliphatic heterocycles. The third-order valence-corrected chi connectivity index (χ3v) is 4.46. The normalized spacial score (nSPS) is 17.4. The van der Waals surface area contributed by atoms with E-state index in [1.165, 1.54) is 12.8 Å². The number of rotatable bonds is 7. The molecule has 5 heteroatoms. The van der Waals surface area contributed by atoms with Crippen molar-refractivity contribution >= 4 is 17.7 Å². The molecule has 4 nitrogen and oxygen atoms in total. The van der Waals surface area contributed by atoms with E-state index in [0.29, 0.717) is 11.0 Å². The van der Waals surface area contributed by atoms with E-state index in [-0.39, 0.29) is 5.91 Å². The molecule has 2 N–H and O–H groups in total. The first-order valence-electron chi connectivity index (χ1n) is 6.50. The van der Waals surface area contributed by atoms with E-state index in [4.69, 9.17) is 0 Å². The minimum Gasteiger partial charge on any atom is -0.354 e. The number of thioether (sulfide) groups is 1. The van der Waals surface area contributed by atoms with Gasteiger partial charge in [0.25, 0.3) is 0 Å². The summed E-state index contributed by atoms with van der Waals surface area (Å²) in [7, 11) is 2.07. The van der Waals surface area contributed by atoms with Crippen molar-refractivity contribution in [1.82, 2.24) is 15.5 Å². The molecule has 0 aromatic rings. The number of amides is 1. The second kappa shape index (κ2) is 8.78. The highest BCUT2D eigenvalue weighted by Crippen LogP contribution is 2.19. The van der Waals surface area contributed by atoms with E-state index in [9.17, 15) is 4.79 Å². The summed E-state index contributed by atoms with van der Waals surface area (Å²) in [5.74, 6) is 0.790. The molecule has 0 aromatic heterocycles. The summed E-state index contributed by atoms with van der Waals surface area (Å²) in [5.41, 5.74) is 0. The van der Waals surface area contributed by atoms with Crippen LogP contribution in [-0.2, 0) is 4.79 Å². The number of piperidine rings is 1. The van der Waals surface area contributed by atoms with Crippen LogP contribution in [0.3, 0.4) is 0 Å². The van der Waals surface area contributed by atoms with Crippen molar-refractivity contribution in [1.29, 1.82) is 0 Å². The number of carbonyl (C=O) groups is 1. The van der Waals surface area contributed by atoms with Crippen molar-refractivity contribution in [2.24, 2.45) is 0 Å². The summed E-state index contributed by atoms with van der Waals surface area (Å²) in [6.07, 6.45) is 2.38. The van der Waals surface area contributed by atoms with Gasteiger partial charge in [-0.05, 0) is 39.5 Å². The Morgan fingerprint density at radius 3 is 2.82 bits per heavy atom. The maximum atomic E-state index is 11.6. The van der Waals surface area contributed by atoms with Gasteiger partial charge in [-0.2, -0.15) is 0 Å². The van der Waals surface area contributed by atoms with Gasteiger partial charge in [0.1, 0.15) is 0 Å². The molecular weight excluding hydrogens is 234 g/mol. The van der Waals surface area contributed by atoms with Gasteiger partial charge in [0, 0.05) is 18.3 Å². The summed E-state index contributed by atoms with van der Waals surface area (Å²) in [5, 5.41) is 6.97. The number of hydrogen-bond acceptors (Lipinski definition) is 4. The zero-order chi connectivity index (χ0) is 12.5. The Balaban J connectivity index is 2.00. The summed E-state index contributed by atoms with van der Waals surface area (Å²) < 4.78 is 0. The number of likely N-dealkylation sites (N-methyl/N-ethyl adjacent to an activating group) is 1. The second-order valence-corrected chi connectivity index (χ2v) is 5.79. The van der Waals surface area contributed by atoms with Gasteiger partial charge in [-0.3, -0.25) is 4.79 Å². The highest BCUT2D eigenvalue weighted by molar-refractivity contribution is 8.00. The predicted molar refractivity (Wildman–Crippen MR) is 74.5 cm³/mol. The van der Waals surface area contributed by atoms with E-state index in [0.717, 1.165) is 32.7 Å². The maximum absolute atomic E-state index is 11.6. The van der Waals surface area contributed by atoms with E-state index >= 15 is 0 Å². The third-order valence-electron chi connectivity index (χ3n) is 3.09. The van der Waals surface area contributed by atoms with Gasteiger partial charge >= 0.3 is 0 Å². The topological polar surface area (TPSA) is 44.4 Å². The first-order chi connectivity index (χ1) is 8.22. The Morgan fingerprint density at radius 2 is 2.18 bits per heavy atom. The average Bonchev–Trinajstić information content (AvgIpc) is 2.37. The number of carbonyl (C=O) groups excluding carboxylic acids is 1. The molecule has 1 amide bonds. The second-order valence-electron chi connectivity index (χ2n) is 4.51. The fourth-order valence-electron chi connectivity index (χ4n) is 1.75. The van der Waals surface area contributed by atoms with Crippen LogP contribution in [0.15, 0.2) is 0 Å². The molecule has 1 saturated heterocycles. The molecule has 0 atom stereocenters. The first-order valence-corrected chi connectivity index (χ1v) is 7.54. The molecule has 0 bridgehead atoms. The van der Waals surface area contributed by atoms with Crippen LogP contribution in [0.4, 0.5) is 0 Å². The van der Waals surface area contributed by atoms with E-state index in [1.54, 1.807) is 11.8 Å². The van der Waals surface area contributed by atoms with Crippen LogP contribution in [0.1, 0.15) is 19.8 Å². The van der Waals surface area contributed by atoms with Crippen LogP contribution in [0.25, 0.3) is 0 Å². The van der Waals surface area contributed by atoms with Gasteiger partial charge in [0.15, 0.2) is 0 Å². The van der Waals surface area contributed by atoms with Crippen molar-refractivity contribution < 1.29 is 4.79 Å². The minimum atomic E-state index is 0.179. The van der Waals surface area contributed by atoms with Crippen molar-refractivity contribution in [2.75, 3.05) is 45.5 Å². The molecule has 0 saturated carbocycles. The Labute approximate surface area is 109 Å².